The lowest BCUT2D eigenvalue weighted by Crippen LogP contribution is -2.59. The second-order valence-electron chi connectivity index (χ2n) is 12.5. The van der Waals surface area contributed by atoms with E-state index >= 15 is 0 Å². The molecule has 0 bridgehead atoms. The maximum atomic E-state index is 9.35. The summed E-state index contributed by atoms with van der Waals surface area (Å²) in [4.78, 5) is 0. The largest absolute Gasteiger partial charge is 0.198 e. The van der Waals surface area contributed by atoms with Gasteiger partial charge in [0, 0.05) is 6.42 Å². The Hall–Kier alpha value is -0.510. The quantitative estimate of drug-likeness (QED) is 0.479. The fourth-order valence-electron chi connectivity index (χ4n) is 10.5. The van der Waals surface area contributed by atoms with Crippen LogP contribution >= 0.6 is 0 Å². The van der Waals surface area contributed by atoms with Crippen LogP contribution in [-0.4, -0.2) is 0 Å². The van der Waals surface area contributed by atoms with E-state index < -0.39 is 0 Å². The zero-order chi connectivity index (χ0) is 19.6. The second-order valence-corrected chi connectivity index (χ2v) is 12.5. The highest BCUT2D eigenvalue weighted by Gasteiger charge is 2.66. The molecule has 1 heteroatoms. The van der Waals surface area contributed by atoms with Gasteiger partial charge in [0.15, 0.2) is 0 Å². The molecule has 28 heavy (non-hydrogen) atoms. The van der Waals surface area contributed by atoms with Crippen LogP contribution in [0.15, 0.2) is 0 Å². The minimum atomic E-state index is 0.519. The lowest BCUT2D eigenvalue weighted by Gasteiger charge is -2.66. The van der Waals surface area contributed by atoms with Gasteiger partial charge >= 0.3 is 0 Å². The zero-order valence-electron chi connectivity index (χ0n) is 18.8. The van der Waals surface area contributed by atoms with Gasteiger partial charge in [-0.25, -0.2) is 0 Å². The first-order valence-electron chi connectivity index (χ1n) is 12.8. The summed E-state index contributed by atoms with van der Waals surface area (Å²) in [5, 5.41) is 9.35. The van der Waals surface area contributed by atoms with Crippen molar-refractivity contribution in [3.05, 3.63) is 0 Å². The monoisotopic (exact) mass is 381 g/mol. The molecule has 0 amide bonds. The maximum Gasteiger partial charge on any atom is 0.0624 e. The van der Waals surface area contributed by atoms with Crippen molar-refractivity contribution < 1.29 is 0 Å². The Morgan fingerprint density at radius 2 is 1.57 bits per heavy atom. The number of rotatable bonds is 2. The summed E-state index contributed by atoms with van der Waals surface area (Å²) in [6, 6.07) is 2.51. The van der Waals surface area contributed by atoms with E-state index in [1.807, 2.05) is 0 Å². The number of hydrogen-bond acceptors (Lipinski definition) is 1. The van der Waals surface area contributed by atoms with Gasteiger partial charge in [0.25, 0.3) is 0 Å². The summed E-state index contributed by atoms with van der Waals surface area (Å²) in [5.41, 5.74) is 1.87. The van der Waals surface area contributed by atoms with E-state index in [0.717, 1.165) is 36.0 Å². The molecule has 0 aromatic rings. The van der Waals surface area contributed by atoms with Crippen molar-refractivity contribution in [2.45, 2.75) is 111 Å². The summed E-state index contributed by atoms with van der Waals surface area (Å²) in [6.45, 7) is 7.80. The molecule has 5 fully saturated rings. The van der Waals surface area contributed by atoms with Crippen molar-refractivity contribution in [3.8, 4) is 6.07 Å². The Morgan fingerprint density at radius 1 is 0.857 bits per heavy atom. The third-order valence-corrected chi connectivity index (χ3v) is 11.7. The van der Waals surface area contributed by atoms with Gasteiger partial charge in [-0.3, -0.25) is 0 Å². The Morgan fingerprint density at radius 3 is 2.32 bits per heavy atom. The zero-order valence-corrected chi connectivity index (χ0v) is 18.8. The van der Waals surface area contributed by atoms with E-state index in [1.54, 1.807) is 19.3 Å². The highest BCUT2D eigenvalue weighted by atomic mass is 14.7. The molecule has 156 valence electrons. The van der Waals surface area contributed by atoms with Crippen LogP contribution in [0.2, 0.25) is 0 Å². The van der Waals surface area contributed by atoms with Gasteiger partial charge in [0.1, 0.15) is 0 Å². The third kappa shape index (κ3) is 2.55. The molecule has 0 saturated heterocycles. The van der Waals surface area contributed by atoms with Gasteiger partial charge in [-0.1, -0.05) is 46.5 Å². The summed E-state index contributed by atoms with van der Waals surface area (Å²) in [7, 11) is 0. The minimum absolute atomic E-state index is 0.519. The highest BCUT2D eigenvalue weighted by molar-refractivity contribution is 5.15. The third-order valence-electron chi connectivity index (χ3n) is 11.7. The van der Waals surface area contributed by atoms with Gasteiger partial charge in [-0.2, -0.15) is 5.26 Å². The minimum Gasteiger partial charge on any atom is -0.198 e. The predicted molar refractivity (Wildman–Crippen MR) is 116 cm³/mol. The van der Waals surface area contributed by atoms with Crippen LogP contribution in [0.4, 0.5) is 0 Å². The highest BCUT2D eigenvalue weighted by Crippen LogP contribution is 2.74. The molecular weight excluding hydrogens is 338 g/mol. The molecule has 0 aliphatic heterocycles. The Labute approximate surface area is 174 Å². The number of nitrogens with zero attached hydrogens (tertiary/aromatic N) is 1. The molecule has 5 rings (SSSR count). The van der Waals surface area contributed by atoms with Crippen LogP contribution in [0, 0.1) is 63.1 Å². The smallest absolute Gasteiger partial charge is 0.0624 e. The van der Waals surface area contributed by atoms with E-state index in [2.05, 4.69) is 26.8 Å². The van der Waals surface area contributed by atoms with Crippen molar-refractivity contribution in [1.82, 2.24) is 0 Å². The van der Waals surface area contributed by atoms with Gasteiger partial charge < -0.3 is 0 Å². The molecule has 1 spiro atoms. The van der Waals surface area contributed by atoms with E-state index in [1.165, 1.54) is 64.2 Å². The van der Waals surface area contributed by atoms with E-state index in [-0.39, 0.29) is 0 Å². The fourth-order valence-corrected chi connectivity index (χ4v) is 10.5. The summed E-state index contributed by atoms with van der Waals surface area (Å²) >= 11 is 0. The second kappa shape index (κ2) is 6.75. The van der Waals surface area contributed by atoms with Crippen molar-refractivity contribution in [3.63, 3.8) is 0 Å². The molecule has 0 aromatic carbocycles. The first kappa shape index (κ1) is 19.5. The Kier molecular flexibility index (Phi) is 4.69. The first-order valence-corrected chi connectivity index (χ1v) is 12.8. The van der Waals surface area contributed by atoms with Gasteiger partial charge in [-0.05, 0) is 110 Å². The molecule has 0 aromatic heterocycles. The summed E-state index contributed by atoms with van der Waals surface area (Å²) in [5.74, 6) is 5.39. The van der Waals surface area contributed by atoms with Gasteiger partial charge in [0.05, 0.1) is 6.07 Å². The number of nitriles is 1. The molecular formula is C27H43N. The van der Waals surface area contributed by atoms with Crippen LogP contribution in [-0.2, 0) is 0 Å². The molecule has 0 N–H and O–H groups in total. The fraction of sp³-hybridized carbons (Fsp3) is 0.963. The normalized spacial score (nSPS) is 50.4. The summed E-state index contributed by atoms with van der Waals surface area (Å²) < 4.78 is 0. The van der Waals surface area contributed by atoms with Crippen LogP contribution in [0.5, 0.6) is 0 Å². The van der Waals surface area contributed by atoms with Crippen LogP contribution in [0.1, 0.15) is 111 Å². The Bertz CT molecular complexity index is 639. The molecule has 6 unspecified atom stereocenters. The number of hydrogen-bond donors (Lipinski definition) is 0. The van der Waals surface area contributed by atoms with Crippen LogP contribution < -0.4 is 0 Å². The molecule has 5 aliphatic carbocycles. The van der Waals surface area contributed by atoms with Crippen molar-refractivity contribution in [2.24, 2.45) is 51.8 Å². The average molecular weight is 382 g/mol. The van der Waals surface area contributed by atoms with Crippen LogP contribution in [0.25, 0.3) is 0 Å². The van der Waals surface area contributed by atoms with Gasteiger partial charge in [-0.15, -0.1) is 0 Å². The summed E-state index contributed by atoms with van der Waals surface area (Å²) in [6.07, 6.45) is 20.3. The average Bonchev–Trinajstić information content (AvgIpc) is 3.27. The molecule has 5 saturated carbocycles. The van der Waals surface area contributed by atoms with Gasteiger partial charge in [0.2, 0.25) is 0 Å². The number of fused-ring (bicyclic) bond motifs is 6. The molecule has 1 nitrogen and oxygen atoms in total. The topological polar surface area (TPSA) is 23.8 Å². The molecule has 5 aliphatic rings. The van der Waals surface area contributed by atoms with E-state index in [9.17, 15) is 5.26 Å². The van der Waals surface area contributed by atoms with Crippen LogP contribution in [0.3, 0.4) is 0 Å². The van der Waals surface area contributed by atoms with Crippen molar-refractivity contribution >= 4 is 0 Å². The lowest BCUT2D eigenvalue weighted by molar-refractivity contribution is -0.176. The predicted octanol–water partition coefficient (Wildman–Crippen LogP) is 7.76. The molecule has 0 radical (unpaired) electrons. The van der Waals surface area contributed by atoms with Crippen molar-refractivity contribution in [2.75, 3.05) is 0 Å². The van der Waals surface area contributed by atoms with E-state index in [0.29, 0.717) is 22.2 Å². The standard InChI is InChI=1S/C27H43N/c1-19(12-17-28)21-9-10-22-24-23(11-16-26(21,22)3)25(2)13-5-4-8-20(25)18-27(24)14-6-7-15-27/h19-24H,4-16,18H2,1-3H3/t19-,20?,21?,22+,23?,24?,25?,26?/m1/s1. The Balaban J connectivity index is 1.53. The van der Waals surface area contributed by atoms with Crippen molar-refractivity contribution in [1.29, 1.82) is 5.26 Å². The maximum absolute atomic E-state index is 9.35. The molecule has 0 heterocycles. The molecule has 8 atom stereocenters. The lowest BCUT2D eigenvalue weighted by atomic mass is 9.38. The first-order chi connectivity index (χ1) is 13.4. The van der Waals surface area contributed by atoms with E-state index in [4.69, 9.17) is 0 Å². The SMILES string of the molecule is C[C@H](CC#N)C1CC[C@H]2C3C(CCC12C)C1(C)CCCCC1CC31CCCC1.